The number of rotatable bonds is 7. The van der Waals surface area contributed by atoms with Gasteiger partial charge in [0.2, 0.25) is 0 Å². The van der Waals surface area contributed by atoms with E-state index < -0.39 is 17.6 Å². The van der Waals surface area contributed by atoms with Gasteiger partial charge in [0.15, 0.2) is 11.6 Å². The quantitative estimate of drug-likeness (QED) is 0.416. The molecule has 5 rings (SSSR count). The second-order valence-electron chi connectivity index (χ2n) is 10.1. The van der Waals surface area contributed by atoms with Gasteiger partial charge in [0, 0.05) is 32.4 Å². The lowest BCUT2D eigenvalue weighted by molar-refractivity contribution is -0.137. The number of nitrogens with zero attached hydrogens (tertiary/aromatic N) is 5. The maximum Gasteiger partial charge on any atom is 0.416 e. The molecular formula is C28H31F4N5O. The molecule has 2 aromatic heterocycles. The molecule has 10 heteroatoms. The van der Waals surface area contributed by atoms with E-state index in [-0.39, 0.29) is 18.5 Å². The van der Waals surface area contributed by atoms with Crippen LogP contribution in [0.2, 0.25) is 0 Å². The van der Waals surface area contributed by atoms with Crippen molar-refractivity contribution in [1.82, 2.24) is 15.0 Å². The molecule has 4 heterocycles. The molecule has 0 saturated carbocycles. The number of hydrogen-bond acceptors (Lipinski definition) is 6. The molecule has 2 aliphatic rings. The lowest BCUT2D eigenvalue weighted by Crippen LogP contribution is -2.35. The van der Waals surface area contributed by atoms with Gasteiger partial charge in [-0.15, -0.1) is 0 Å². The number of aromatic nitrogens is 3. The molecule has 0 bridgehead atoms. The lowest BCUT2D eigenvalue weighted by Gasteiger charge is -2.32. The largest absolute Gasteiger partial charge is 0.416 e. The highest BCUT2D eigenvalue weighted by Crippen LogP contribution is 2.38. The van der Waals surface area contributed by atoms with Crippen LogP contribution in [0.3, 0.4) is 0 Å². The number of alkyl halides is 3. The molecule has 1 aromatic carbocycles. The number of anilines is 2. The highest BCUT2D eigenvalue weighted by Gasteiger charge is 2.33. The number of pyridine rings is 1. The van der Waals surface area contributed by atoms with Gasteiger partial charge in [-0.1, -0.05) is 18.2 Å². The zero-order valence-corrected chi connectivity index (χ0v) is 21.0. The van der Waals surface area contributed by atoms with E-state index in [0.717, 1.165) is 55.9 Å². The molecule has 3 aromatic rings. The summed E-state index contributed by atoms with van der Waals surface area (Å²) in [6.07, 6.45) is 3.12. The van der Waals surface area contributed by atoms with Crippen molar-refractivity contribution >= 4 is 11.6 Å². The molecule has 1 unspecified atom stereocenters. The fourth-order valence-corrected chi connectivity index (χ4v) is 5.39. The van der Waals surface area contributed by atoms with Crippen LogP contribution in [0.4, 0.5) is 29.2 Å². The van der Waals surface area contributed by atoms with Gasteiger partial charge < -0.3 is 14.9 Å². The van der Waals surface area contributed by atoms with Crippen LogP contribution in [0, 0.1) is 11.7 Å². The average molecular weight is 530 g/mol. The number of piperidine rings is 1. The minimum absolute atomic E-state index is 0.192. The first kappa shape index (κ1) is 26.3. The zero-order valence-electron chi connectivity index (χ0n) is 21.0. The van der Waals surface area contributed by atoms with Crippen molar-refractivity contribution in [3.63, 3.8) is 0 Å². The summed E-state index contributed by atoms with van der Waals surface area (Å²) in [5, 5.41) is 9.33. The van der Waals surface area contributed by atoms with Gasteiger partial charge in [0.25, 0.3) is 0 Å². The fraction of sp³-hybridized carbons (Fsp3) is 0.464. The van der Waals surface area contributed by atoms with Crippen LogP contribution in [-0.2, 0) is 19.0 Å². The number of aliphatic hydroxyl groups is 1. The van der Waals surface area contributed by atoms with Crippen LogP contribution in [0.1, 0.15) is 54.1 Å². The Bertz CT molecular complexity index is 1210. The Hall–Kier alpha value is -3.27. The SMILES string of the molecule is OCC1CCN(c2ccc(CCc3ncnc(N4CCCC4c4ccc(C(F)(F)F)cc4)c3F)cn2)CC1. The molecule has 0 spiro atoms. The fourth-order valence-electron chi connectivity index (χ4n) is 5.39. The summed E-state index contributed by atoms with van der Waals surface area (Å²) in [5.41, 5.74) is 1.29. The van der Waals surface area contributed by atoms with Crippen molar-refractivity contribution in [1.29, 1.82) is 0 Å². The van der Waals surface area contributed by atoms with Gasteiger partial charge in [0.05, 0.1) is 17.3 Å². The van der Waals surface area contributed by atoms with Crippen molar-refractivity contribution in [2.24, 2.45) is 5.92 Å². The standard InChI is InChI=1S/C28H31F4N5O/c29-26-23(9-3-19-4-10-25(33-16-19)36-14-11-20(17-38)12-15-36)34-18-35-27(26)37-13-1-2-24(37)21-5-7-22(8-6-21)28(30,31)32/h4-8,10,16,18,20,24,38H,1-3,9,11-15,17H2. The molecule has 6 nitrogen and oxygen atoms in total. The first-order valence-electron chi connectivity index (χ1n) is 13.1. The number of halogens is 4. The van der Waals surface area contributed by atoms with Gasteiger partial charge in [-0.25, -0.2) is 19.3 Å². The van der Waals surface area contributed by atoms with E-state index in [1.807, 2.05) is 23.2 Å². The Kier molecular flexibility index (Phi) is 7.78. The predicted molar refractivity (Wildman–Crippen MR) is 136 cm³/mol. The minimum Gasteiger partial charge on any atom is -0.396 e. The van der Waals surface area contributed by atoms with Crippen LogP contribution in [0.15, 0.2) is 48.9 Å². The van der Waals surface area contributed by atoms with Crippen LogP contribution >= 0.6 is 0 Å². The molecule has 2 fully saturated rings. The topological polar surface area (TPSA) is 65.4 Å². The van der Waals surface area contributed by atoms with Gasteiger partial charge in [-0.2, -0.15) is 13.2 Å². The minimum atomic E-state index is -4.39. The van der Waals surface area contributed by atoms with Crippen LogP contribution < -0.4 is 9.80 Å². The molecule has 2 aliphatic heterocycles. The predicted octanol–water partition coefficient (Wildman–Crippen LogP) is 5.36. The molecule has 0 aliphatic carbocycles. The van der Waals surface area contributed by atoms with Crippen LogP contribution in [0.5, 0.6) is 0 Å². The van der Waals surface area contributed by atoms with Gasteiger partial charge in [-0.3, -0.25) is 0 Å². The van der Waals surface area contributed by atoms with Gasteiger partial charge in [0.1, 0.15) is 12.1 Å². The summed E-state index contributed by atoms with van der Waals surface area (Å²) in [6.45, 7) is 2.54. The summed E-state index contributed by atoms with van der Waals surface area (Å²) < 4.78 is 54.5. The third-order valence-electron chi connectivity index (χ3n) is 7.65. The van der Waals surface area contributed by atoms with Gasteiger partial charge in [-0.05, 0) is 73.8 Å². The van der Waals surface area contributed by atoms with Crippen LogP contribution in [0.25, 0.3) is 0 Å². The first-order chi connectivity index (χ1) is 18.3. The molecular weight excluding hydrogens is 498 g/mol. The Morgan fingerprint density at radius 3 is 2.32 bits per heavy atom. The second kappa shape index (κ2) is 11.2. The maximum absolute atomic E-state index is 15.5. The van der Waals surface area contributed by atoms with Crippen LogP contribution in [-0.4, -0.2) is 46.3 Å². The van der Waals surface area contributed by atoms with E-state index in [4.69, 9.17) is 0 Å². The molecule has 202 valence electrons. The third kappa shape index (κ3) is 5.75. The third-order valence-corrected chi connectivity index (χ3v) is 7.65. The highest BCUT2D eigenvalue weighted by atomic mass is 19.4. The summed E-state index contributed by atoms with van der Waals surface area (Å²) in [7, 11) is 0. The number of benzene rings is 1. The van der Waals surface area contributed by atoms with Crippen molar-refractivity contribution in [2.75, 3.05) is 36.0 Å². The van der Waals surface area contributed by atoms with E-state index in [0.29, 0.717) is 43.0 Å². The summed E-state index contributed by atoms with van der Waals surface area (Å²) in [6, 6.07) is 8.83. The summed E-state index contributed by atoms with van der Waals surface area (Å²) in [4.78, 5) is 17.0. The van der Waals surface area contributed by atoms with Gasteiger partial charge >= 0.3 is 6.18 Å². The Morgan fingerprint density at radius 1 is 0.895 bits per heavy atom. The normalized spacial score (nSPS) is 18.8. The van der Waals surface area contributed by atoms with E-state index in [1.54, 1.807) is 0 Å². The van der Waals surface area contributed by atoms with E-state index in [2.05, 4.69) is 19.9 Å². The van der Waals surface area contributed by atoms with E-state index in [9.17, 15) is 18.3 Å². The Morgan fingerprint density at radius 2 is 1.66 bits per heavy atom. The molecule has 0 amide bonds. The lowest BCUT2D eigenvalue weighted by atomic mass is 9.98. The molecule has 38 heavy (non-hydrogen) atoms. The van der Waals surface area contributed by atoms with Crippen molar-refractivity contribution < 1.29 is 22.7 Å². The molecule has 2 saturated heterocycles. The van der Waals surface area contributed by atoms with Crippen molar-refractivity contribution in [2.45, 2.75) is 50.7 Å². The average Bonchev–Trinajstić information content (AvgIpc) is 3.42. The zero-order chi connectivity index (χ0) is 26.7. The number of hydrogen-bond donors (Lipinski definition) is 1. The monoisotopic (exact) mass is 529 g/mol. The van der Waals surface area contributed by atoms with Crippen molar-refractivity contribution in [3.05, 3.63) is 77.1 Å². The second-order valence-corrected chi connectivity index (χ2v) is 10.1. The first-order valence-corrected chi connectivity index (χ1v) is 13.1. The Labute approximate surface area is 219 Å². The summed E-state index contributed by atoms with van der Waals surface area (Å²) in [5.74, 6) is 0.979. The molecule has 0 radical (unpaired) electrons. The number of aliphatic hydroxyl groups excluding tert-OH is 1. The smallest absolute Gasteiger partial charge is 0.396 e. The summed E-state index contributed by atoms with van der Waals surface area (Å²) >= 11 is 0. The molecule has 1 N–H and O–H groups in total. The molecule has 1 atom stereocenters. The van der Waals surface area contributed by atoms with E-state index in [1.165, 1.54) is 18.5 Å². The van der Waals surface area contributed by atoms with Crippen molar-refractivity contribution in [3.8, 4) is 0 Å². The highest BCUT2D eigenvalue weighted by molar-refractivity contribution is 5.46. The van der Waals surface area contributed by atoms with E-state index >= 15 is 4.39 Å². The Balaban J connectivity index is 1.24. The number of aryl methyl sites for hydroxylation is 2. The maximum atomic E-state index is 15.5.